The van der Waals surface area contributed by atoms with E-state index in [0.29, 0.717) is 28.6 Å². The van der Waals surface area contributed by atoms with E-state index in [-0.39, 0.29) is 24.4 Å². The third kappa shape index (κ3) is 8.60. The minimum atomic E-state index is -0.663. The Hall–Kier alpha value is -2.47. The van der Waals surface area contributed by atoms with E-state index in [0.717, 1.165) is 16.0 Å². The maximum atomic E-state index is 13.6. The first-order valence-electron chi connectivity index (χ1n) is 11.6. The molecular formula is C28H30Cl2N2O2S. The van der Waals surface area contributed by atoms with Crippen LogP contribution in [0.1, 0.15) is 31.4 Å². The maximum Gasteiger partial charge on any atom is 0.243 e. The van der Waals surface area contributed by atoms with Crippen LogP contribution in [0.2, 0.25) is 10.0 Å². The van der Waals surface area contributed by atoms with E-state index in [1.54, 1.807) is 28.8 Å². The summed E-state index contributed by atoms with van der Waals surface area (Å²) in [5.41, 5.74) is 1.81. The molecule has 4 nitrogen and oxygen atoms in total. The van der Waals surface area contributed by atoms with Crippen molar-refractivity contribution in [3.8, 4) is 0 Å². The Labute approximate surface area is 222 Å². The van der Waals surface area contributed by atoms with E-state index in [2.05, 4.69) is 5.32 Å². The zero-order valence-corrected chi connectivity index (χ0v) is 22.2. The largest absolute Gasteiger partial charge is 0.352 e. The highest BCUT2D eigenvalue weighted by Gasteiger charge is 2.30. The van der Waals surface area contributed by atoms with Gasteiger partial charge in [0, 0.05) is 36.1 Å². The number of nitrogens with one attached hydrogen (secondary N) is 1. The number of halogens is 2. The molecule has 0 spiro atoms. The number of thioether (sulfide) groups is 1. The minimum absolute atomic E-state index is 0.0451. The zero-order chi connectivity index (χ0) is 25.2. The normalized spacial score (nSPS) is 11.8. The van der Waals surface area contributed by atoms with E-state index in [9.17, 15) is 9.59 Å². The molecule has 7 heteroatoms. The third-order valence-electron chi connectivity index (χ3n) is 5.37. The lowest BCUT2D eigenvalue weighted by molar-refractivity contribution is -0.141. The van der Waals surface area contributed by atoms with Gasteiger partial charge in [0.1, 0.15) is 6.04 Å². The van der Waals surface area contributed by atoms with Crippen LogP contribution in [0.3, 0.4) is 0 Å². The van der Waals surface area contributed by atoms with Crippen molar-refractivity contribution >= 4 is 46.8 Å². The number of amides is 2. The fourth-order valence-electron chi connectivity index (χ4n) is 3.69. The SMILES string of the molecule is CC(C)NC(=O)[C@H](Cc1ccccc1)N(Cc1ccc(Cl)c(Cl)c1)C(=O)CCSc1ccccc1. The lowest BCUT2D eigenvalue weighted by Crippen LogP contribution is -2.51. The van der Waals surface area contributed by atoms with Crippen LogP contribution in [-0.4, -0.2) is 34.6 Å². The molecule has 1 N–H and O–H groups in total. The van der Waals surface area contributed by atoms with Crippen molar-refractivity contribution in [2.45, 2.75) is 50.2 Å². The lowest BCUT2D eigenvalue weighted by atomic mass is 10.0. The summed E-state index contributed by atoms with van der Waals surface area (Å²) in [6, 6.07) is 24.3. The molecule has 0 aliphatic heterocycles. The molecule has 2 amide bonds. The number of hydrogen-bond acceptors (Lipinski definition) is 3. The highest BCUT2D eigenvalue weighted by Crippen LogP contribution is 2.25. The van der Waals surface area contributed by atoms with Gasteiger partial charge in [0.15, 0.2) is 0 Å². The molecule has 3 aromatic rings. The molecule has 1 atom stereocenters. The van der Waals surface area contributed by atoms with Gasteiger partial charge in [-0.05, 0) is 49.2 Å². The molecule has 0 bridgehead atoms. The maximum absolute atomic E-state index is 13.6. The Bertz CT molecular complexity index is 1110. The van der Waals surface area contributed by atoms with Gasteiger partial charge in [-0.1, -0.05) is 77.8 Å². The Kier molecular flexibility index (Phi) is 10.5. The van der Waals surface area contributed by atoms with Crippen molar-refractivity contribution in [3.05, 3.63) is 100 Å². The van der Waals surface area contributed by atoms with Crippen molar-refractivity contribution in [1.82, 2.24) is 10.2 Å². The van der Waals surface area contributed by atoms with E-state index >= 15 is 0 Å². The molecule has 0 saturated heterocycles. The molecule has 0 radical (unpaired) electrons. The molecule has 3 rings (SSSR count). The lowest BCUT2D eigenvalue weighted by Gasteiger charge is -2.32. The quantitative estimate of drug-likeness (QED) is 0.283. The fraction of sp³-hybridized carbons (Fsp3) is 0.286. The molecule has 0 heterocycles. The predicted octanol–water partition coefficient (Wildman–Crippen LogP) is 6.64. The van der Waals surface area contributed by atoms with Crippen LogP contribution in [0.15, 0.2) is 83.8 Å². The van der Waals surface area contributed by atoms with Crippen molar-refractivity contribution in [1.29, 1.82) is 0 Å². The van der Waals surface area contributed by atoms with Gasteiger partial charge < -0.3 is 10.2 Å². The monoisotopic (exact) mass is 528 g/mol. The van der Waals surface area contributed by atoms with Gasteiger partial charge in [-0.2, -0.15) is 0 Å². The van der Waals surface area contributed by atoms with Crippen molar-refractivity contribution < 1.29 is 9.59 Å². The second-order valence-electron chi connectivity index (χ2n) is 8.55. The number of benzene rings is 3. The van der Waals surface area contributed by atoms with Crippen molar-refractivity contribution in [2.24, 2.45) is 0 Å². The van der Waals surface area contributed by atoms with Crippen LogP contribution in [-0.2, 0) is 22.6 Å². The first-order valence-corrected chi connectivity index (χ1v) is 13.3. The van der Waals surface area contributed by atoms with E-state index < -0.39 is 6.04 Å². The Balaban J connectivity index is 1.87. The van der Waals surface area contributed by atoms with Crippen LogP contribution in [0.4, 0.5) is 0 Å². The van der Waals surface area contributed by atoms with Gasteiger partial charge in [0.25, 0.3) is 0 Å². The second kappa shape index (κ2) is 13.6. The van der Waals surface area contributed by atoms with Crippen molar-refractivity contribution in [3.63, 3.8) is 0 Å². The molecule has 3 aromatic carbocycles. The first-order chi connectivity index (χ1) is 16.8. The van der Waals surface area contributed by atoms with E-state index in [4.69, 9.17) is 23.2 Å². The topological polar surface area (TPSA) is 49.4 Å². The van der Waals surface area contributed by atoms with Gasteiger partial charge in [0.05, 0.1) is 10.0 Å². The minimum Gasteiger partial charge on any atom is -0.352 e. The summed E-state index contributed by atoms with van der Waals surface area (Å²) in [7, 11) is 0. The summed E-state index contributed by atoms with van der Waals surface area (Å²) in [6.45, 7) is 4.09. The Morgan fingerprint density at radius 1 is 0.886 bits per heavy atom. The molecule has 35 heavy (non-hydrogen) atoms. The number of carbonyl (C=O) groups is 2. The second-order valence-corrected chi connectivity index (χ2v) is 10.5. The van der Waals surface area contributed by atoms with Gasteiger partial charge in [-0.25, -0.2) is 0 Å². The fourth-order valence-corrected chi connectivity index (χ4v) is 4.87. The van der Waals surface area contributed by atoms with Crippen LogP contribution in [0.5, 0.6) is 0 Å². The van der Waals surface area contributed by atoms with Crippen LogP contribution < -0.4 is 5.32 Å². The van der Waals surface area contributed by atoms with Crippen LogP contribution in [0.25, 0.3) is 0 Å². The van der Waals surface area contributed by atoms with Crippen LogP contribution in [0, 0.1) is 0 Å². The molecule has 0 saturated carbocycles. The van der Waals surface area contributed by atoms with E-state index in [1.165, 1.54) is 0 Å². The Morgan fingerprint density at radius 2 is 1.54 bits per heavy atom. The number of hydrogen-bond donors (Lipinski definition) is 1. The summed E-state index contributed by atoms with van der Waals surface area (Å²) in [4.78, 5) is 29.7. The summed E-state index contributed by atoms with van der Waals surface area (Å²) < 4.78 is 0. The summed E-state index contributed by atoms with van der Waals surface area (Å²) in [6.07, 6.45) is 0.722. The average Bonchev–Trinajstić information content (AvgIpc) is 2.84. The average molecular weight is 530 g/mol. The smallest absolute Gasteiger partial charge is 0.243 e. The zero-order valence-electron chi connectivity index (χ0n) is 19.9. The summed E-state index contributed by atoms with van der Waals surface area (Å²) >= 11 is 14.0. The molecular weight excluding hydrogens is 499 g/mol. The van der Waals surface area contributed by atoms with Gasteiger partial charge in [0.2, 0.25) is 11.8 Å². The third-order valence-corrected chi connectivity index (χ3v) is 7.12. The molecule has 0 fully saturated rings. The summed E-state index contributed by atoms with van der Waals surface area (Å²) in [5, 5.41) is 3.87. The van der Waals surface area contributed by atoms with E-state index in [1.807, 2.05) is 80.6 Å². The van der Waals surface area contributed by atoms with Crippen molar-refractivity contribution in [2.75, 3.05) is 5.75 Å². The van der Waals surface area contributed by atoms with Gasteiger partial charge in [-0.3, -0.25) is 9.59 Å². The molecule has 0 aliphatic carbocycles. The predicted molar refractivity (Wildman–Crippen MR) is 146 cm³/mol. The summed E-state index contributed by atoms with van der Waals surface area (Å²) in [5.74, 6) is 0.359. The highest BCUT2D eigenvalue weighted by atomic mass is 35.5. The highest BCUT2D eigenvalue weighted by molar-refractivity contribution is 7.99. The number of carbonyl (C=O) groups excluding carboxylic acids is 2. The molecule has 0 unspecified atom stereocenters. The standard InChI is InChI=1S/C28H30Cl2N2O2S/c1-20(2)31-28(34)26(18-21-9-5-3-6-10-21)32(19-22-13-14-24(29)25(30)17-22)27(33)15-16-35-23-11-7-4-8-12-23/h3-14,17,20,26H,15-16,18-19H2,1-2H3,(H,31,34)/t26-/m0/s1. The van der Waals surface area contributed by atoms with Gasteiger partial charge in [-0.15, -0.1) is 11.8 Å². The molecule has 0 aliphatic rings. The molecule has 184 valence electrons. The number of nitrogens with zero attached hydrogens (tertiary/aromatic N) is 1. The Morgan fingerprint density at radius 3 is 2.17 bits per heavy atom. The van der Waals surface area contributed by atoms with Crippen LogP contribution >= 0.6 is 35.0 Å². The first kappa shape index (κ1) is 27.1. The van der Waals surface area contributed by atoms with Gasteiger partial charge >= 0.3 is 0 Å². The molecule has 0 aromatic heterocycles. The number of rotatable bonds is 11.